The van der Waals surface area contributed by atoms with E-state index < -0.39 is 0 Å². The second-order valence-corrected chi connectivity index (χ2v) is 4.86. The van der Waals surface area contributed by atoms with Crippen LogP contribution in [0.5, 0.6) is 0 Å². The predicted octanol–water partition coefficient (Wildman–Crippen LogP) is 1.25. The monoisotopic (exact) mass is 272 g/mol. The highest BCUT2D eigenvalue weighted by Gasteiger charge is 2.08. The van der Waals surface area contributed by atoms with E-state index in [0.717, 1.165) is 17.5 Å². The van der Waals surface area contributed by atoms with E-state index in [9.17, 15) is 0 Å². The number of nitrogens with zero attached hydrogens (tertiary/aromatic N) is 6. The van der Waals surface area contributed by atoms with Crippen molar-refractivity contribution < 1.29 is 0 Å². The first kappa shape index (κ1) is 14.0. The van der Waals surface area contributed by atoms with Gasteiger partial charge in [0.25, 0.3) is 0 Å². The quantitative estimate of drug-likeness (QED) is 0.623. The summed E-state index contributed by atoms with van der Waals surface area (Å²) >= 11 is 0. The minimum atomic E-state index is 0.487. The van der Waals surface area contributed by atoms with Crippen molar-refractivity contribution in [3.8, 4) is 5.69 Å². The molecule has 0 saturated carbocycles. The van der Waals surface area contributed by atoms with Crippen LogP contribution in [0.2, 0.25) is 0 Å². The van der Waals surface area contributed by atoms with Gasteiger partial charge in [-0.25, -0.2) is 4.99 Å². The van der Waals surface area contributed by atoms with E-state index in [4.69, 9.17) is 0 Å². The molecule has 0 amide bonds. The maximum Gasteiger partial charge on any atom is 0.195 e. The Morgan fingerprint density at radius 2 is 1.75 bits per heavy atom. The number of guanidine groups is 1. The first-order chi connectivity index (χ1) is 9.59. The molecule has 0 radical (unpaired) electrons. The molecule has 0 aliphatic heterocycles. The van der Waals surface area contributed by atoms with Gasteiger partial charge >= 0.3 is 0 Å². The average molecular weight is 272 g/mol. The van der Waals surface area contributed by atoms with Crippen LogP contribution in [-0.2, 0) is 6.54 Å². The summed E-state index contributed by atoms with van der Waals surface area (Å²) in [7, 11) is 7.89. The molecule has 2 rings (SSSR count). The molecule has 0 bridgehead atoms. The lowest BCUT2D eigenvalue weighted by Crippen LogP contribution is -2.35. The van der Waals surface area contributed by atoms with E-state index in [1.54, 1.807) is 6.33 Å². The van der Waals surface area contributed by atoms with Crippen LogP contribution in [0.15, 0.2) is 41.7 Å². The third kappa shape index (κ3) is 3.14. The first-order valence-corrected chi connectivity index (χ1v) is 6.43. The highest BCUT2D eigenvalue weighted by atomic mass is 15.3. The van der Waals surface area contributed by atoms with Gasteiger partial charge in [0, 0.05) is 33.9 Å². The van der Waals surface area contributed by atoms with Gasteiger partial charge in [0.15, 0.2) is 11.8 Å². The molecule has 20 heavy (non-hydrogen) atoms. The van der Waals surface area contributed by atoms with Gasteiger partial charge in [0.1, 0.15) is 12.9 Å². The highest BCUT2D eigenvalue weighted by Crippen LogP contribution is 2.09. The fraction of sp³-hybridized carbons (Fsp3) is 0.357. The number of benzene rings is 1. The minimum absolute atomic E-state index is 0.487. The lowest BCUT2D eigenvalue weighted by Gasteiger charge is -2.22. The van der Waals surface area contributed by atoms with Gasteiger partial charge < -0.3 is 9.80 Å². The van der Waals surface area contributed by atoms with E-state index in [0.29, 0.717) is 6.54 Å². The van der Waals surface area contributed by atoms with Gasteiger partial charge in [-0.15, -0.1) is 10.2 Å². The van der Waals surface area contributed by atoms with Crippen molar-refractivity contribution in [2.45, 2.75) is 6.54 Å². The molecule has 2 aromatic rings. The average Bonchev–Trinajstić information content (AvgIpc) is 2.87. The summed E-state index contributed by atoms with van der Waals surface area (Å²) in [4.78, 5) is 8.55. The molecule has 0 atom stereocenters. The molecule has 0 saturated heterocycles. The second kappa shape index (κ2) is 6.18. The Kier molecular flexibility index (Phi) is 4.34. The van der Waals surface area contributed by atoms with Crippen LogP contribution in [0, 0.1) is 0 Å². The standard InChI is InChI=1S/C14H20N6/c1-18(2)14(19(3)4)15-10-13-17-16-11-20(13)12-8-6-5-7-9-12/h5-9,11H,10H2,1-4H3. The number of aliphatic imine (C=N–C) groups is 1. The Morgan fingerprint density at radius 3 is 2.35 bits per heavy atom. The molecular weight excluding hydrogens is 252 g/mol. The number of hydrogen-bond donors (Lipinski definition) is 0. The van der Waals surface area contributed by atoms with E-state index in [1.807, 2.05) is 72.9 Å². The smallest absolute Gasteiger partial charge is 0.195 e. The van der Waals surface area contributed by atoms with Gasteiger partial charge in [-0.3, -0.25) is 4.57 Å². The third-order valence-electron chi connectivity index (χ3n) is 2.81. The summed E-state index contributed by atoms with van der Waals surface area (Å²) in [5.74, 6) is 1.71. The van der Waals surface area contributed by atoms with E-state index in [1.165, 1.54) is 0 Å². The molecule has 106 valence electrons. The summed E-state index contributed by atoms with van der Waals surface area (Å²) in [6.07, 6.45) is 1.71. The van der Waals surface area contributed by atoms with Gasteiger partial charge in [-0.1, -0.05) is 18.2 Å². The molecular formula is C14H20N6. The SMILES string of the molecule is CN(C)C(=NCc1nncn1-c1ccccc1)N(C)C. The summed E-state index contributed by atoms with van der Waals surface area (Å²) in [6.45, 7) is 0.487. The van der Waals surface area contributed by atoms with Crippen molar-refractivity contribution in [3.63, 3.8) is 0 Å². The van der Waals surface area contributed by atoms with Crippen LogP contribution < -0.4 is 0 Å². The Morgan fingerprint density at radius 1 is 1.10 bits per heavy atom. The van der Waals surface area contributed by atoms with Crippen molar-refractivity contribution in [2.24, 2.45) is 4.99 Å². The molecule has 0 N–H and O–H groups in total. The van der Waals surface area contributed by atoms with Gasteiger partial charge in [-0.2, -0.15) is 0 Å². The second-order valence-electron chi connectivity index (χ2n) is 4.86. The Balaban J connectivity index is 2.24. The lowest BCUT2D eigenvalue weighted by molar-refractivity contribution is 0.478. The number of hydrogen-bond acceptors (Lipinski definition) is 3. The summed E-state index contributed by atoms with van der Waals surface area (Å²) in [6, 6.07) is 10.0. The molecule has 6 heteroatoms. The molecule has 0 aliphatic carbocycles. The van der Waals surface area contributed by atoms with Crippen LogP contribution >= 0.6 is 0 Å². The number of rotatable bonds is 3. The fourth-order valence-electron chi connectivity index (χ4n) is 2.00. The zero-order valence-corrected chi connectivity index (χ0v) is 12.4. The zero-order valence-electron chi connectivity index (χ0n) is 12.4. The van der Waals surface area contributed by atoms with Crippen LogP contribution in [0.25, 0.3) is 5.69 Å². The Bertz CT molecular complexity index is 560. The van der Waals surface area contributed by atoms with Crippen LogP contribution in [0.3, 0.4) is 0 Å². The maximum atomic E-state index is 4.60. The van der Waals surface area contributed by atoms with Gasteiger partial charge in [0.2, 0.25) is 0 Å². The van der Waals surface area contributed by atoms with Gasteiger partial charge in [-0.05, 0) is 12.1 Å². The third-order valence-corrected chi connectivity index (χ3v) is 2.81. The van der Waals surface area contributed by atoms with Gasteiger partial charge in [0.05, 0.1) is 0 Å². The molecule has 0 spiro atoms. The maximum absolute atomic E-state index is 4.60. The van der Waals surface area contributed by atoms with Crippen molar-refractivity contribution in [3.05, 3.63) is 42.5 Å². The lowest BCUT2D eigenvalue weighted by atomic mass is 10.3. The Labute approximate surface area is 119 Å². The molecule has 1 aromatic carbocycles. The Hall–Kier alpha value is -2.37. The van der Waals surface area contributed by atoms with E-state index in [2.05, 4.69) is 15.2 Å². The largest absolute Gasteiger partial charge is 0.349 e. The first-order valence-electron chi connectivity index (χ1n) is 6.43. The molecule has 1 heterocycles. The summed E-state index contributed by atoms with van der Waals surface area (Å²) in [5.41, 5.74) is 1.04. The highest BCUT2D eigenvalue weighted by molar-refractivity contribution is 5.79. The van der Waals surface area contributed by atoms with Crippen LogP contribution in [0.1, 0.15) is 5.82 Å². The summed E-state index contributed by atoms with van der Waals surface area (Å²) in [5, 5.41) is 8.13. The normalized spacial score (nSPS) is 10.2. The molecule has 0 fully saturated rings. The zero-order chi connectivity index (χ0) is 14.5. The van der Waals surface area contributed by atoms with E-state index in [-0.39, 0.29) is 0 Å². The van der Waals surface area contributed by atoms with Crippen molar-refractivity contribution >= 4 is 5.96 Å². The van der Waals surface area contributed by atoms with Crippen molar-refractivity contribution in [1.82, 2.24) is 24.6 Å². The van der Waals surface area contributed by atoms with Crippen molar-refractivity contribution in [1.29, 1.82) is 0 Å². The molecule has 1 aromatic heterocycles. The van der Waals surface area contributed by atoms with Crippen LogP contribution in [0.4, 0.5) is 0 Å². The number of para-hydroxylation sites is 1. The molecule has 6 nitrogen and oxygen atoms in total. The predicted molar refractivity (Wildman–Crippen MR) is 79.9 cm³/mol. The van der Waals surface area contributed by atoms with Crippen molar-refractivity contribution in [2.75, 3.05) is 28.2 Å². The number of aromatic nitrogens is 3. The van der Waals surface area contributed by atoms with E-state index >= 15 is 0 Å². The summed E-state index contributed by atoms with van der Waals surface area (Å²) < 4.78 is 1.95. The molecule has 0 aliphatic rings. The van der Waals surface area contributed by atoms with Crippen LogP contribution in [-0.4, -0.2) is 58.7 Å². The molecule has 0 unspecified atom stereocenters. The minimum Gasteiger partial charge on any atom is -0.349 e. The topological polar surface area (TPSA) is 49.6 Å². The fourth-order valence-corrected chi connectivity index (χ4v) is 2.00.